The Labute approximate surface area is 108 Å². The molecule has 0 amide bonds. The molecular weight excluding hydrogens is 208 g/mol. The van der Waals surface area contributed by atoms with Crippen LogP contribution in [0.5, 0.6) is 0 Å². The third kappa shape index (κ3) is 4.97. The Kier molecular flexibility index (Phi) is 4.65. The average molecular weight is 240 g/mol. The highest BCUT2D eigenvalue weighted by Gasteiger charge is 2.33. The van der Waals surface area contributed by atoms with Crippen LogP contribution < -0.4 is 5.32 Å². The molecule has 1 fully saturated rings. The standard InChI is InChI=1S/C15H32N2/c1-12(10-16-14(3,4)5)13(2)17-9-8-15(6,7)11-17/h12-13,16H,8-11H2,1-7H3. The Hall–Kier alpha value is -0.0800. The van der Waals surface area contributed by atoms with Crippen LogP contribution >= 0.6 is 0 Å². The second-order valence-corrected chi connectivity index (χ2v) is 7.73. The largest absolute Gasteiger partial charge is 0.312 e. The molecule has 0 spiro atoms. The minimum Gasteiger partial charge on any atom is -0.312 e. The van der Waals surface area contributed by atoms with E-state index in [1.807, 2.05) is 0 Å². The van der Waals surface area contributed by atoms with Crippen LogP contribution in [0.25, 0.3) is 0 Å². The number of rotatable bonds is 4. The molecule has 1 rings (SSSR count). The number of hydrogen-bond donors (Lipinski definition) is 1. The van der Waals surface area contributed by atoms with Crippen molar-refractivity contribution in [2.75, 3.05) is 19.6 Å². The summed E-state index contributed by atoms with van der Waals surface area (Å²) >= 11 is 0. The summed E-state index contributed by atoms with van der Waals surface area (Å²) in [5.74, 6) is 0.711. The molecule has 0 aliphatic carbocycles. The molecular formula is C15H32N2. The number of nitrogens with one attached hydrogen (secondary N) is 1. The first-order chi connectivity index (χ1) is 7.61. The third-order valence-electron chi connectivity index (χ3n) is 4.06. The van der Waals surface area contributed by atoms with Gasteiger partial charge in [0.2, 0.25) is 0 Å². The van der Waals surface area contributed by atoms with Gasteiger partial charge in [-0.2, -0.15) is 0 Å². The van der Waals surface area contributed by atoms with Gasteiger partial charge in [-0.15, -0.1) is 0 Å². The van der Waals surface area contributed by atoms with Crippen molar-refractivity contribution >= 4 is 0 Å². The Morgan fingerprint density at radius 3 is 2.24 bits per heavy atom. The molecule has 0 bridgehead atoms. The van der Waals surface area contributed by atoms with Gasteiger partial charge in [-0.05, 0) is 58.5 Å². The summed E-state index contributed by atoms with van der Waals surface area (Å²) in [6, 6.07) is 0.687. The van der Waals surface area contributed by atoms with E-state index in [-0.39, 0.29) is 5.54 Å². The number of hydrogen-bond acceptors (Lipinski definition) is 2. The van der Waals surface area contributed by atoms with Crippen LogP contribution in [0.3, 0.4) is 0 Å². The maximum Gasteiger partial charge on any atom is 0.0105 e. The molecule has 0 aromatic heterocycles. The maximum atomic E-state index is 3.62. The van der Waals surface area contributed by atoms with Gasteiger partial charge in [0.25, 0.3) is 0 Å². The fourth-order valence-corrected chi connectivity index (χ4v) is 2.50. The molecule has 0 aromatic rings. The van der Waals surface area contributed by atoms with E-state index in [1.165, 1.54) is 19.5 Å². The van der Waals surface area contributed by atoms with Crippen LogP contribution in [0, 0.1) is 11.3 Å². The van der Waals surface area contributed by atoms with Gasteiger partial charge in [-0.1, -0.05) is 20.8 Å². The second kappa shape index (κ2) is 5.27. The summed E-state index contributed by atoms with van der Waals surface area (Å²) in [4.78, 5) is 2.66. The highest BCUT2D eigenvalue weighted by atomic mass is 15.2. The molecule has 2 atom stereocenters. The van der Waals surface area contributed by atoms with E-state index in [1.54, 1.807) is 0 Å². The van der Waals surface area contributed by atoms with E-state index < -0.39 is 0 Å². The maximum absolute atomic E-state index is 3.62. The molecule has 1 heterocycles. The van der Waals surface area contributed by atoms with Gasteiger partial charge in [0.1, 0.15) is 0 Å². The van der Waals surface area contributed by atoms with Gasteiger partial charge in [-0.3, -0.25) is 4.90 Å². The van der Waals surface area contributed by atoms with Gasteiger partial charge in [0, 0.05) is 18.1 Å². The minimum absolute atomic E-state index is 0.234. The summed E-state index contributed by atoms with van der Waals surface area (Å²) in [7, 11) is 0. The Balaban J connectivity index is 2.40. The van der Waals surface area contributed by atoms with Crippen LogP contribution in [0.4, 0.5) is 0 Å². The second-order valence-electron chi connectivity index (χ2n) is 7.73. The summed E-state index contributed by atoms with van der Waals surface area (Å²) in [5, 5.41) is 3.62. The van der Waals surface area contributed by atoms with Crippen LogP contribution in [-0.2, 0) is 0 Å². The average Bonchev–Trinajstić information content (AvgIpc) is 2.53. The molecule has 1 saturated heterocycles. The van der Waals surface area contributed by atoms with Crippen molar-refractivity contribution in [2.45, 2.75) is 66.5 Å². The molecule has 0 radical (unpaired) electrons. The van der Waals surface area contributed by atoms with Gasteiger partial charge in [0.15, 0.2) is 0 Å². The predicted octanol–water partition coefficient (Wildman–Crippen LogP) is 3.13. The van der Waals surface area contributed by atoms with Gasteiger partial charge in [-0.25, -0.2) is 0 Å². The fraction of sp³-hybridized carbons (Fsp3) is 1.00. The first-order valence-corrected chi connectivity index (χ1v) is 7.10. The van der Waals surface area contributed by atoms with Crippen LogP contribution in [0.2, 0.25) is 0 Å². The number of likely N-dealkylation sites (tertiary alicyclic amines) is 1. The van der Waals surface area contributed by atoms with E-state index >= 15 is 0 Å². The van der Waals surface area contributed by atoms with Crippen LogP contribution in [0.1, 0.15) is 54.9 Å². The lowest BCUT2D eigenvalue weighted by atomic mass is 9.93. The van der Waals surface area contributed by atoms with Gasteiger partial charge in [0.05, 0.1) is 0 Å². The van der Waals surface area contributed by atoms with Crippen molar-refractivity contribution in [1.82, 2.24) is 10.2 Å². The van der Waals surface area contributed by atoms with E-state index in [0.717, 1.165) is 6.54 Å². The summed E-state index contributed by atoms with van der Waals surface area (Å²) in [6.45, 7) is 19.9. The van der Waals surface area contributed by atoms with E-state index in [2.05, 4.69) is 58.7 Å². The minimum atomic E-state index is 0.234. The zero-order valence-electron chi connectivity index (χ0n) is 12.9. The van der Waals surface area contributed by atoms with Gasteiger partial charge < -0.3 is 5.32 Å². The molecule has 1 aliphatic rings. The Morgan fingerprint density at radius 2 is 1.82 bits per heavy atom. The molecule has 0 aromatic carbocycles. The molecule has 0 saturated carbocycles. The highest BCUT2D eigenvalue weighted by Crippen LogP contribution is 2.31. The fourth-order valence-electron chi connectivity index (χ4n) is 2.50. The van der Waals surface area contributed by atoms with Crippen molar-refractivity contribution in [3.05, 3.63) is 0 Å². The molecule has 102 valence electrons. The monoisotopic (exact) mass is 240 g/mol. The van der Waals surface area contributed by atoms with Crippen molar-refractivity contribution < 1.29 is 0 Å². The smallest absolute Gasteiger partial charge is 0.0105 e. The van der Waals surface area contributed by atoms with Crippen molar-refractivity contribution in [2.24, 2.45) is 11.3 Å². The Morgan fingerprint density at radius 1 is 1.24 bits per heavy atom. The third-order valence-corrected chi connectivity index (χ3v) is 4.06. The summed E-state index contributed by atoms with van der Waals surface area (Å²) in [5.41, 5.74) is 0.754. The van der Waals surface area contributed by atoms with Crippen molar-refractivity contribution in [3.8, 4) is 0 Å². The lowest BCUT2D eigenvalue weighted by Gasteiger charge is -2.33. The van der Waals surface area contributed by atoms with Crippen molar-refractivity contribution in [1.29, 1.82) is 0 Å². The predicted molar refractivity (Wildman–Crippen MR) is 76.4 cm³/mol. The van der Waals surface area contributed by atoms with E-state index in [4.69, 9.17) is 0 Å². The summed E-state index contributed by atoms with van der Waals surface area (Å²) < 4.78 is 0. The zero-order chi connectivity index (χ0) is 13.3. The van der Waals surface area contributed by atoms with Crippen LogP contribution in [0.15, 0.2) is 0 Å². The topological polar surface area (TPSA) is 15.3 Å². The van der Waals surface area contributed by atoms with E-state index in [9.17, 15) is 0 Å². The van der Waals surface area contributed by atoms with E-state index in [0.29, 0.717) is 17.4 Å². The lowest BCUT2D eigenvalue weighted by molar-refractivity contribution is 0.172. The zero-order valence-corrected chi connectivity index (χ0v) is 12.9. The van der Waals surface area contributed by atoms with Crippen molar-refractivity contribution in [3.63, 3.8) is 0 Å². The molecule has 2 nitrogen and oxygen atoms in total. The summed E-state index contributed by atoms with van der Waals surface area (Å²) in [6.07, 6.45) is 1.34. The first-order valence-electron chi connectivity index (χ1n) is 7.10. The number of nitrogens with zero attached hydrogens (tertiary/aromatic N) is 1. The molecule has 1 N–H and O–H groups in total. The highest BCUT2D eigenvalue weighted by molar-refractivity contribution is 4.87. The SMILES string of the molecule is CC(CNC(C)(C)C)C(C)N1CCC(C)(C)C1. The molecule has 17 heavy (non-hydrogen) atoms. The quantitative estimate of drug-likeness (QED) is 0.812. The first kappa shape index (κ1) is 15.0. The Bertz CT molecular complexity index is 240. The van der Waals surface area contributed by atoms with Gasteiger partial charge >= 0.3 is 0 Å². The molecule has 2 heteroatoms. The lowest BCUT2D eigenvalue weighted by Crippen LogP contribution is -2.45. The normalized spacial score (nSPS) is 24.9. The molecule has 1 aliphatic heterocycles. The molecule has 2 unspecified atom stereocenters. The van der Waals surface area contributed by atoms with Crippen LogP contribution in [-0.4, -0.2) is 36.1 Å².